The van der Waals surface area contributed by atoms with E-state index in [1.165, 1.54) is 6.07 Å². The van der Waals surface area contributed by atoms with Crippen LogP contribution < -0.4 is 14.4 Å². The molecule has 0 saturated carbocycles. The topological polar surface area (TPSA) is 87.7 Å². The molecule has 1 aliphatic rings. The zero-order chi connectivity index (χ0) is 22.7. The van der Waals surface area contributed by atoms with E-state index in [4.69, 9.17) is 4.74 Å². The Morgan fingerprint density at radius 3 is 2.25 bits per heavy atom. The van der Waals surface area contributed by atoms with Gasteiger partial charge in [-0.15, -0.1) is 10.2 Å². The number of hydrogen-bond acceptors (Lipinski definition) is 7. The van der Waals surface area contributed by atoms with Gasteiger partial charge in [0.05, 0.1) is 17.7 Å². The maximum atomic E-state index is 12.7. The van der Waals surface area contributed by atoms with Gasteiger partial charge in [0.1, 0.15) is 5.75 Å². The van der Waals surface area contributed by atoms with E-state index in [1.54, 1.807) is 31.4 Å². The fraction of sp³-hybridized carbons (Fsp3) is 0.304. The number of anilines is 2. The predicted molar refractivity (Wildman–Crippen MR) is 126 cm³/mol. The van der Waals surface area contributed by atoms with Crippen molar-refractivity contribution in [1.82, 2.24) is 15.1 Å². The molecule has 1 fully saturated rings. The lowest BCUT2D eigenvalue weighted by atomic mass is 10.1. The second-order valence-electron chi connectivity index (χ2n) is 7.88. The summed E-state index contributed by atoms with van der Waals surface area (Å²) in [7, 11) is -0.0276. The van der Waals surface area contributed by atoms with Gasteiger partial charge < -0.3 is 14.5 Å². The summed E-state index contributed by atoms with van der Waals surface area (Å²) in [6.45, 7) is 5.71. The number of piperazine rings is 1. The monoisotopic (exact) mass is 453 g/mol. The molecule has 1 aliphatic heterocycles. The van der Waals surface area contributed by atoms with Gasteiger partial charge in [0, 0.05) is 37.4 Å². The Bertz CT molecular complexity index is 1170. The van der Waals surface area contributed by atoms with Crippen molar-refractivity contribution in [3.63, 3.8) is 0 Å². The van der Waals surface area contributed by atoms with Crippen molar-refractivity contribution < 1.29 is 13.2 Å². The van der Waals surface area contributed by atoms with Crippen LogP contribution in [0.4, 0.5) is 11.5 Å². The number of nitrogens with one attached hydrogen (secondary N) is 1. The maximum absolute atomic E-state index is 12.7. The molecule has 0 radical (unpaired) electrons. The molecule has 3 aromatic rings. The molecule has 1 aromatic heterocycles. The standard InChI is InChI=1S/C23H27N5O3S/c1-17-16-20(8-10-22(17)31-3)32(29,30)26-19-6-4-18(5-7-19)21-9-11-23(25-24-21)28-14-12-27(2)13-15-28/h4-11,16,26H,12-15H2,1-3H3. The van der Waals surface area contributed by atoms with Gasteiger partial charge in [0.2, 0.25) is 0 Å². The van der Waals surface area contributed by atoms with E-state index in [9.17, 15) is 8.42 Å². The van der Waals surface area contributed by atoms with Crippen molar-refractivity contribution in [1.29, 1.82) is 0 Å². The van der Waals surface area contributed by atoms with Crippen LogP contribution >= 0.6 is 0 Å². The number of rotatable bonds is 6. The lowest BCUT2D eigenvalue weighted by molar-refractivity contribution is 0.312. The molecule has 0 unspecified atom stereocenters. The highest BCUT2D eigenvalue weighted by Gasteiger charge is 2.17. The summed E-state index contributed by atoms with van der Waals surface area (Å²) in [5.74, 6) is 1.52. The van der Waals surface area contributed by atoms with E-state index < -0.39 is 10.0 Å². The molecule has 32 heavy (non-hydrogen) atoms. The van der Waals surface area contributed by atoms with Crippen LogP contribution in [0.2, 0.25) is 0 Å². The number of sulfonamides is 1. The van der Waals surface area contributed by atoms with Crippen LogP contribution in [0, 0.1) is 6.92 Å². The minimum Gasteiger partial charge on any atom is -0.496 e. The van der Waals surface area contributed by atoms with E-state index in [-0.39, 0.29) is 4.90 Å². The van der Waals surface area contributed by atoms with Gasteiger partial charge in [-0.05, 0) is 62.0 Å². The average molecular weight is 454 g/mol. The minimum absolute atomic E-state index is 0.185. The molecule has 0 bridgehead atoms. The smallest absolute Gasteiger partial charge is 0.261 e. The zero-order valence-corrected chi connectivity index (χ0v) is 19.3. The number of nitrogens with zero attached hydrogens (tertiary/aromatic N) is 4. The second kappa shape index (κ2) is 9.13. The zero-order valence-electron chi connectivity index (χ0n) is 18.4. The molecule has 168 valence electrons. The molecule has 4 rings (SSSR count). The number of methoxy groups -OCH3 is 1. The summed E-state index contributed by atoms with van der Waals surface area (Å²) in [4.78, 5) is 4.71. The molecule has 0 aliphatic carbocycles. The third-order valence-corrected chi connectivity index (χ3v) is 6.97. The van der Waals surface area contributed by atoms with Gasteiger partial charge in [0.15, 0.2) is 5.82 Å². The molecule has 0 amide bonds. The number of hydrogen-bond donors (Lipinski definition) is 1. The van der Waals surface area contributed by atoms with Gasteiger partial charge in [-0.3, -0.25) is 4.72 Å². The van der Waals surface area contributed by atoms with Crippen molar-refractivity contribution in [3.05, 3.63) is 60.2 Å². The van der Waals surface area contributed by atoms with E-state index >= 15 is 0 Å². The first-order valence-corrected chi connectivity index (χ1v) is 11.9. The highest BCUT2D eigenvalue weighted by molar-refractivity contribution is 7.92. The van der Waals surface area contributed by atoms with Crippen LogP contribution in [0.3, 0.4) is 0 Å². The summed E-state index contributed by atoms with van der Waals surface area (Å²) in [5, 5.41) is 8.75. The fourth-order valence-corrected chi connectivity index (χ4v) is 4.77. The van der Waals surface area contributed by atoms with E-state index in [0.717, 1.165) is 48.8 Å². The molecule has 2 heterocycles. The molecular formula is C23H27N5O3S. The summed E-state index contributed by atoms with van der Waals surface area (Å²) in [5.41, 5.74) is 2.84. The Balaban J connectivity index is 1.45. The van der Waals surface area contributed by atoms with Crippen molar-refractivity contribution in [2.45, 2.75) is 11.8 Å². The average Bonchev–Trinajstić information content (AvgIpc) is 2.80. The highest BCUT2D eigenvalue weighted by Crippen LogP contribution is 2.25. The molecule has 1 saturated heterocycles. The minimum atomic E-state index is -3.70. The summed E-state index contributed by atoms with van der Waals surface area (Å²) in [6, 6.07) is 15.8. The van der Waals surface area contributed by atoms with E-state index in [0.29, 0.717) is 11.4 Å². The quantitative estimate of drug-likeness (QED) is 0.614. The summed E-state index contributed by atoms with van der Waals surface area (Å²) < 4.78 is 33.3. The summed E-state index contributed by atoms with van der Waals surface area (Å²) in [6.07, 6.45) is 0. The Morgan fingerprint density at radius 1 is 0.938 bits per heavy atom. The second-order valence-corrected chi connectivity index (χ2v) is 9.56. The molecule has 8 nitrogen and oxygen atoms in total. The number of aromatic nitrogens is 2. The van der Waals surface area contributed by atoms with E-state index in [2.05, 4.69) is 31.8 Å². The predicted octanol–water partition coefficient (Wildman–Crippen LogP) is 3.01. The third-order valence-electron chi connectivity index (χ3n) is 5.59. The van der Waals surface area contributed by atoms with Crippen LogP contribution in [-0.2, 0) is 10.0 Å². The molecular weight excluding hydrogens is 426 g/mol. The number of likely N-dealkylation sites (N-methyl/N-ethyl adjacent to an activating group) is 1. The van der Waals surface area contributed by atoms with E-state index in [1.807, 2.05) is 31.2 Å². The lowest BCUT2D eigenvalue weighted by Crippen LogP contribution is -2.44. The van der Waals surface area contributed by atoms with Gasteiger partial charge in [-0.2, -0.15) is 0 Å². The van der Waals surface area contributed by atoms with Crippen molar-refractivity contribution in [2.75, 3.05) is 50.0 Å². The molecule has 1 N–H and O–H groups in total. The Labute approximate surface area is 188 Å². The number of aryl methyl sites for hydroxylation is 1. The first-order chi connectivity index (χ1) is 15.4. The number of ether oxygens (including phenoxy) is 1. The Kier molecular flexibility index (Phi) is 6.29. The Hall–Kier alpha value is -3.17. The molecule has 2 aromatic carbocycles. The van der Waals surface area contributed by atoms with Crippen molar-refractivity contribution in [3.8, 4) is 17.0 Å². The highest BCUT2D eigenvalue weighted by atomic mass is 32.2. The van der Waals surface area contributed by atoms with Gasteiger partial charge in [0.25, 0.3) is 10.0 Å². The van der Waals surface area contributed by atoms with Crippen LogP contribution in [-0.4, -0.2) is 63.9 Å². The normalized spacial score (nSPS) is 14.9. The SMILES string of the molecule is COc1ccc(S(=O)(=O)Nc2ccc(-c3ccc(N4CCN(C)CC4)nn3)cc2)cc1C. The van der Waals surface area contributed by atoms with Gasteiger partial charge >= 0.3 is 0 Å². The fourth-order valence-electron chi connectivity index (χ4n) is 3.62. The van der Waals surface area contributed by atoms with Crippen molar-refractivity contribution in [2.24, 2.45) is 0 Å². The maximum Gasteiger partial charge on any atom is 0.261 e. The number of benzene rings is 2. The summed E-state index contributed by atoms with van der Waals surface area (Å²) >= 11 is 0. The molecule has 0 spiro atoms. The third kappa shape index (κ3) is 4.84. The lowest BCUT2D eigenvalue weighted by Gasteiger charge is -2.32. The molecule has 9 heteroatoms. The Morgan fingerprint density at radius 2 is 1.66 bits per heavy atom. The largest absolute Gasteiger partial charge is 0.496 e. The van der Waals surface area contributed by atoms with Crippen molar-refractivity contribution >= 4 is 21.5 Å². The van der Waals surface area contributed by atoms with Crippen LogP contribution in [0.5, 0.6) is 5.75 Å². The molecule has 0 atom stereocenters. The van der Waals surface area contributed by atoms with Gasteiger partial charge in [-0.25, -0.2) is 8.42 Å². The van der Waals surface area contributed by atoms with Crippen LogP contribution in [0.15, 0.2) is 59.5 Å². The van der Waals surface area contributed by atoms with Crippen LogP contribution in [0.25, 0.3) is 11.3 Å². The van der Waals surface area contributed by atoms with Gasteiger partial charge in [-0.1, -0.05) is 12.1 Å². The van der Waals surface area contributed by atoms with Crippen LogP contribution in [0.1, 0.15) is 5.56 Å². The first kappa shape index (κ1) is 22.0. The first-order valence-electron chi connectivity index (χ1n) is 10.4.